The van der Waals surface area contributed by atoms with Gasteiger partial charge in [0.05, 0.1) is 6.42 Å². The summed E-state index contributed by atoms with van der Waals surface area (Å²) in [5.74, 6) is 1.09. The van der Waals surface area contributed by atoms with E-state index in [1.54, 1.807) is 12.4 Å². The summed E-state index contributed by atoms with van der Waals surface area (Å²) in [6, 6.07) is 5.78. The van der Waals surface area contributed by atoms with Gasteiger partial charge in [0.15, 0.2) is 0 Å². The summed E-state index contributed by atoms with van der Waals surface area (Å²) >= 11 is 0. The van der Waals surface area contributed by atoms with Crippen molar-refractivity contribution < 1.29 is 4.79 Å². The maximum absolute atomic E-state index is 12.0. The van der Waals surface area contributed by atoms with Crippen molar-refractivity contribution in [3.63, 3.8) is 0 Å². The van der Waals surface area contributed by atoms with E-state index in [2.05, 4.69) is 21.5 Å². The summed E-state index contributed by atoms with van der Waals surface area (Å²) in [6.45, 7) is 3.04. The van der Waals surface area contributed by atoms with Gasteiger partial charge in [-0.3, -0.25) is 9.78 Å². The Morgan fingerprint density at radius 2 is 2.16 bits per heavy atom. The van der Waals surface area contributed by atoms with Gasteiger partial charge < -0.3 is 4.57 Å². The van der Waals surface area contributed by atoms with Crippen LogP contribution in [-0.4, -0.2) is 20.3 Å². The number of aromatic nitrogens is 3. The highest BCUT2D eigenvalue weighted by molar-refractivity contribution is 5.80. The molecule has 0 unspecified atom stereocenters. The van der Waals surface area contributed by atoms with Crippen molar-refractivity contribution >= 4 is 5.78 Å². The fourth-order valence-corrected chi connectivity index (χ4v) is 2.03. The third-order valence-electron chi connectivity index (χ3n) is 3.01. The van der Waals surface area contributed by atoms with Crippen LogP contribution in [0.2, 0.25) is 0 Å². The van der Waals surface area contributed by atoms with E-state index in [1.165, 1.54) is 0 Å². The molecule has 0 aromatic carbocycles. The third-order valence-corrected chi connectivity index (χ3v) is 3.01. The van der Waals surface area contributed by atoms with E-state index in [9.17, 15) is 4.79 Å². The van der Waals surface area contributed by atoms with E-state index in [0.29, 0.717) is 19.3 Å². The quantitative estimate of drug-likeness (QED) is 0.765. The van der Waals surface area contributed by atoms with Gasteiger partial charge >= 0.3 is 0 Å². The second kappa shape index (κ2) is 6.83. The van der Waals surface area contributed by atoms with Gasteiger partial charge in [0, 0.05) is 37.3 Å². The van der Waals surface area contributed by atoms with Crippen LogP contribution >= 0.6 is 0 Å². The molecule has 4 heteroatoms. The Labute approximate surface area is 113 Å². The number of rotatable bonds is 7. The molecule has 0 amide bonds. The van der Waals surface area contributed by atoms with E-state index in [0.717, 1.165) is 24.5 Å². The lowest BCUT2D eigenvalue weighted by molar-refractivity contribution is -0.118. The molecule has 2 aromatic heterocycles. The van der Waals surface area contributed by atoms with Crippen LogP contribution in [-0.2, 0) is 24.2 Å². The van der Waals surface area contributed by atoms with Crippen LogP contribution in [0.15, 0.2) is 36.8 Å². The Bertz CT molecular complexity index is 519. The average Bonchev–Trinajstić information content (AvgIpc) is 2.85. The number of hydrogen-bond acceptors (Lipinski definition) is 3. The predicted molar refractivity (Wildman–Crippen MR) is 73.8 cm³/mol. The molecule has 0 N–H and O–H groups in total. The number of ketones is 1. The molecule has 0 bridgehead atoms. The van der Waals surface area contributed by atoms with Gasteiger partial charge in [0.25, 0.3) is 0 Å². The molecule has 0 fully saturated rings. The summed E-state index contributed by atoms with van der Waals surface area (Å²) in [5.41, 5.74) is 0.966. The monoisotopic (exact) mass is 257 g/mol. The molecule has 0 aliphatic heterocycles. The SMILES string of the molecule is CCCn1ccnc1CC(=O)CCc1ccccn1. The topological polar surface area (TPSA) is 47.8 Å². The first-order chi connectivity index (χ1) is 9.29. The van der Waals surface area contributed by atoms with E-state index in [-0.39, 0.29) is 5.78 Å². The first-order valence-corrected chi connectivity index (χ1v) is 6.71. The van der Waals surface area contributed by atoms with Crippen molar-refractivity contribution in [2.45, 2.75) is 39.2 Å². The van der Waals surface area contributed by atoms with E-state index in [1.807, 2.05) is 24.4 Å². The molecule has 100 valence electrons. The van der Waals surface area contributed by atoms with Crippen molar-refractivity contribution in [1.29, 1.82) is 0 Å². The normalized spacial score (nSPS) is 10.6. The molecule has 19 heavy (non-hydrogen) atoms. The maximum atomic E-state index is 12.0. The van der Waals surface area contributed by atoms with Crippen LogP contribution in [0.5, 0.6) is 0 Å². The molecule has 0 saturated carbocycles. The van der Waals surface area contributed by atoms with Crippen molar-refractivity contribution in [3.8, 4) is 0 Å². The molecule has 0 spiro atoms. The standard InChI is InChI=1S/C15H19N3O/c1-2-10-18-11-9-17-15(18)12-14(19)7-6-13-5-3-4-8-16-13/h3-5,8-9,11H,2,6-7,10,12H2,1H3. The van der Waals surface area contributed by atoms with Crippen LogP contribution in [0.25, 0.3) is 0 Å². The zero-order valence-corrected chi connectivity index (χ0v) is 11.2. The van der Waals surface area contributed by atoms with Gasteiger partial charge in [0.1, 0.15) is 11.6 Å². The molecule has 2 rings (SSSR count). The molecule has 0 aliphatic carbocycles. The number of imidazole rings is 1. The Hall–Kier alpha value is -1.97. The molecular weight excluding hydrogens is 238 g/mol. The smallest absolute Gasteiger partial charge is 0.140 e. The largest absolute Gasteiger partial charge is 0.335 e. The highest BCUT2D eigenvalue weighted by Crippen LogP contribution is 2.05. The van der Waals surface area contributed by atoms with Crippen LogP contribution in [0.3, 0.4) is 0 Å². The minimum absolute atomic E-state index is 0.217. The van der Waals surface area contributed by atoms with Crippen molar-refractivity contribution in [2.24, 2.45) is 0 Å². The van der Waals surface area contributed by atoms with Gasteiger partial charge in [0.2, 0.25) is 0 Å². The number of carbonyl (C=O) groups excluding carboxylic acids is 1. The number of aryl methyl sites for hydroxylation is 2. The van der Waals surface area contributed by atoms with E-state index >= 15 is 0 Å². The Kier molecular flexibility index (Phi) is 4.84. The van der Waals surface area contributed by atoms with Crippen molar-refractivity contribution in [2.75, 3.05) is 0 Å². The number of carbonyl (C=O) groups is 1. The highest BCUT2D eigenvalue weighted by Gasteiger charge is 2.09. The van der Waals surface area contributed by atoms with Gasteiger partial charge in [-0.1, -0.05) is 13.0 Å². The van der Waals surface area contributed by atoms with Gasteiger partial charge in [-0.15, -0.1) is 0 Å². The fourth-order valence-electron chi connectivity index (χ4n) is 2.03. The second-order valence-corrected chi connectivity index (χ2v) is 4.57. The summed E-state index contributed by atoms with van der Waals surface area (Å²) in [4.78, 5) is 20.4. The number of hydrogen-bond donors (Lipinski definition) is 0. The minimum Gasteiger partial charge on any atom is -0.335 e. The molecule has 0 atom stereocenters. The molecule has 2 heterocycles. The zero-order chi connectivity index (χ0) is 13.5. The third kappa shape index (κ3) is 4.02. The fraction of sp³-hybridized carbons (Fsp3) is 0.400. The van der Waals surface area contributed by atoms with Crippen LogP contribution < -0.4 is 0 Å². The number of pyridine rings is 1. The Morgan fingerprint density at radius 1 is 1.26 bits per heavy atom. The van der Waals surface area contributed by atoms with Crippen LogP contribution in [0.1, 0.15) is 31.3 Å². The molecule has 2 aromatic rings. The van der Waals surface area contributed by atoms with E-state index in [4.69, 9.17) is 0 Å². The van der Waals surface area contributed by atoms with Gasteiger partial charge in [-0.25, -0.2) is 4.98 Å². The molecule has 0 saturated heterocycles. The molecule has 4 nitrogen and oxygen atoms in total. The Balaban J connectivity index is 1.85. The number of Topliss-reactive ketones (excluding diaryl/α,β-unsaturated/α-hetero) is 1. The second-order valence-electron chi connectivity index (χ2n) is 4.57. The lowest BCUT2D eigenvalue weighted by atomic mass is 10.1. The summed E-state index contributed by atoms with van der Waals surface area (Å²) in [5, 5.41) is 0. The summed E-state index contributed by atoms with van der Waals surface area (Å²) in [6.07, 6.45) is 8.14. The van der Waals surface area contributed by atoms with E-state index < -0.39 is 0 Å². The maximum Gasteiger partial charge on any atom is 0.140 e. The first-order valence-electron chi connectivity index (χ1n) is 6.71. The van der Waals surface area contributed by atoms with Crippen LogP contribution in [0.4, 0.5) is 0 Å². The Morgan fingerprint density at radius 3 is 2.89 bits per heavy atom. The molecule has 0 aliphatic rings. The first kappa shape index (κ1) is 13.5. The summed E-state index contributed by atoms with van der Waals surface area (Å²) < 4.78 is 2.05. The van der Waals surface area contributed by atoms with Crippen LogP contribution in [0, 0.1) is 0 Å². The van der Waals surface area contributed by atoms with Gasteiger partial charge in [-0.05, 0) is 25.0 Å². The van der Waals surface area contributed by atoms with Crippen molar-refractivity contribution in [3.05, 3.63) is 48.3 Å². The molecular formula is C15H19N3O. The predicted octanol–water partition coefficient (Wildman–Crippen LogP) is 2.43. The van der Waals surface area contributed by atoms with Gasteiger partial charge in [-0.2, -0.15) is 0 Å². The number of nitrogens with zero attached hydrogens (tertiary/aromatic N) is 3. The zero-order valence-electron chi connectivity index (χ0n) is 11.2. The highest BCUT2D eigenvalue weighted by atomic mass is 16.1. The lowest BCUT2D eigenvalue weighted by Gasteiger charge is -2.05. The van der Waals surface area contributed by atoms with Crippen molar-refractivity contribution in [1.82, 2.24) is 14.5 Å². The summed E-state index contributed by atoms with van der Waals surface area (Å²) in [7, 11) is 0. The average molecular weight is 257 g/mol. The molecule has 0 radical (unpaired) electrons. The lowest BCUT2D eigenvalue weighted by Crippen LogP contribution is -2.10. The minimum atomic E-state index is 0.217.